The topological polar surface area (TPSA) is 12.0 Å². The third kappa shape index (κ3) is 5.26. The molecule has 0 spiro atoms. The van der Waals surface area contributed by atoms with Gasteiger partial charge >= 0.3 is 0 Å². The van der Waals surface area contributed by atoms with Gasteiger partial charge in [-0.1, -0.05) is 12.5 Å². The molecule has 0 aliphatic rings. The van der Waals surface area contributed by atoms with Gasteiger partial charge in [0.1, 0.15) is 0 Å². The molecule has 1 rings (SSSR count). The molecular formula is C14H21NS. The third-order valence-corrected chi connectivity index (χ3v) is 3.25. The van der Waals surface area contributed by atoms with Gasteiger partial charge in [0.25, 0.3) is 0 Å². The van der Waals surface area contributed by atoms with Crippen LogP contribution in [0.25, 0.3) is 0 Å². The van der Waals surface area contributed by atoms with E-state index in [4.69, 9.17) is 0 Å². The Balaban J connectivity index is 2.14. The lowest BCUT2D eigenvalue weighted by Gasteiger charge is -2.06. The molecule has 0 aliphatic heterocycles. The van der Waals surface area contributed by atoms with Crippen molar-refractivity contribution < 1.29 is 0 Å². The average Bonchev–Trinajstić information content (AvgIpc) is 2.34. The number of rotatable bonds is 8. The van der Waals surface area contributed by atoms with Crippen molar-refractivity contribution in [3.8, 4) is 0 Å². The summed E-state index contributed by atoms with van der Waals surface area (Å²) in [5.41, 5.74) is 1.22. The molecule has 1 aromatic rings. The number of anilines is 1. The quantitative estimate of drug-likeness (QED) is 0.402. The first-order chi connectivity index (χ1) is 7.86. The molecule has 0 saturated heterocycles. The van der Waals surface area contributed by atoms with E-state index >= 15 is 0 Å². The summed E-state index contributed by atoms with van der Waals surface area (Å²) in [6.07, 6.45) is 9.01. The maximum Gasteiger partial charge on any atom is 0.0340 e. The van der Waals surface area contributed by atoms with E-state index in [0.717, 1.165) is 13.0 Å². The predicted octanol–water partition coefficient (Wildman–Crippen LogP) is 4.57. The Kier molecular flexibility index (Phi) is 6.82. The maximum absolute atomic E-state index is 3.72. The normalized spacial score (nSPS) is 10.1. The zero-order chi connectivity index (χ0) is 11.6. The summed E-state index contributed by atoms with van der Waals surface area (Å²) in [5, 5.41) is 3.44. The first-order valence-corrected chi connectivity index (χ1v) is 7.08. The van der Waals surface area contributed by atoms with Crippen LogP contribution in [0.2, 0.25) is 0 Å². The van der Waals surface area contributed by atoms with Crippen molar-refractivity contribution in [3.63, 3.8) is 0 Å². The molecule has 0 radical (unpaired) electrons. The van der Waals surface area contributed by atoms with E-state index in [2.05, 4.69) is 42.4 Å². The van der Waals surface area contributed by atoms with Crippen LogP contribution in [-0.4, -0.2) is 12.8 Å². The second kappa shape index (κ2) is 8.28. The molecule has 88 valence electrons. The largest absolute Gasteiger partial charge is 0.385 e. The summed E-state index contributed by atoms with van der Waals surface area (Å²) in [7, 11) is 0. The zero-order valence-corrected chi connectivity index (χ0v) is 10.9. The van der Waals surface area contributed by atoms with E-state index < -0.39 is 0 Å². The van der Waals surface area contributed by atoms with Gasteiger partial charge in [-0.25, -0.2) is 0 Å². The summed E-state index contributed by atoms with van der Waals surface area (Å²) >= 11 is 1.78. The van der Waals surface area contributed by atoms with Crippen LogP contribution in [-0.2, 0) is 0 Å². The van der Waals surface area contributed by atoms with Gasteiger partial charge in [0.2, 0.25) is 0 Å². The lowest BCUT2D eigenvalue weighted by molar-refractivity contribution is 0.709. The molecule has 0 heterocycles. The predicted molar refractivity (Wildman–Crippen MR) is 75.4 cm³/mol. The molecular weight excluding hydrogens is 214 g/mol. The van der Waals surface area contributed by atoms with E-state index in [-0.39, 0.29) is 0 Å². The van der Waals surface area contributed by atoms with E-state index in [1.807, 2.05) is 6.08 Å². The summed E-state index contributed by atoms with van der Waals surface area (Å²) in [4.78, 5) is 1.32. The van der Waals surface area contributed by atoms with E-state index in [9.17, 15) is 0 Å². The molecule has 16 heavy (non-hydrogen) atoms. The first-order valence-electron chi connectivity index (χ1n) is 5.85. The van der Waals surface area contributed by atoms with E-state index in [0.29, 0.717) is 0 Å². The van der Waals surface area contributed by atoms with Crippen LogP contribution in [0.5, 0.6) is 0 Å². The SMILES string of the molecule is C=CCCCCCNc1ccc(SC)cc1. The van der Waals surface area contributed by atoms with Crippen LogP contribution in [0.4, 0.5) is 5.69 Å². The number of unbranched alkanes of at least 4 members (excludes halogenated alkanes) is 3. The smallest absolute Gasteiger partial charge is 0.0340 e. The Labute approximate surface area is 103 Å². The van der Waals surface area contributed by atoms with E-state index in [1.165, 1.54) is 29.8 Å². The summed E-state index contributed by atoms with van der Waals surface area (Å²) in [5.74, 6) is 0. The molecule has 0 aromatic heterocycles. The van der Waals surface area contributed by atoms with Crippen molar-refractivity contribution in [3.05, 3.63) is 36.9 Å². The maximum atomic E-state index is 3.72. The fourth-order valence-electron chi connectivity index (χ4n) is 1.53. The Morgan fingerprint density at radius 2 is 1.94 bits per heavy atom. The first kappa shape index (κ1) is 13.2. The van der Waals surface area contributed by atoms with Crippen LogP contribution < -0.4 is 5.32 Å². The minimum absolute atomic E-state index is 1.07. The second-order valence-electron chi connectivity index (χ2n) is 3.79. The van der Waals surface area contributed by atoms with Crippen LogP contribution in [0.1, 0.15) is 25.7 Å². The summed E-state index contributed by atoms with van der Waals surface area (Å²) < 4.78 is 0. The Hall–Kier alpha value is -0.890. The Bertz CT molecular complexity index is 292. The van der Waals surface area contributed by atoms with Gasteiger partial charge in [0.15, 0.2) is 0 Å². The van der Waals surface area contributed by atoms with Gasteiger partial charge in [-0.2, -0.15) is 0 Å². The van der Waals surface area contributed by atoms with Crippen LogP contribution in [0, 0.1) is 0 Å². The Morgan fingerprint density at radius 3 is 2.56 bits per heavy atom. The lowest BCUT2D eigenvalue weighted by atomic mass is 10.2. The third-order valence-electron chi connectivity index (χ3n) is 2.50. The van der Waals surface area contributed by atoms with Crippen molar-refractivity contribution in [2.45, 2.75) is 30.6 Å². The monoisotopic (exact) mass is 235 g/mol. The highest BCUT2D eigenvalue weighted by atomic mass is 32.2. The molecule has 0 atom stereocenters. The molecule has 0 saturated carbocycles. The number of nitrogens with one attached hydrogen (secondary N) is 1. The van der Waals surface area contributed by atoms with Crippen molar-refractivity contribution in [2.24, 2.45) is 0 Å². The van der Waals surface area contributed by atoms with Crippen LogP contribution in [0.15, 0.2) is 41.8 Å². The van der Waals surface area contributed by atoms with Crippen molar-refractivity contribution in [2.75, 3.05) is 18.1 Å². The highest BCUT2D eigenvalue weighted by Gasteiger charge is 1.93. The number of allylic oxidation sites excluding steroid dienone is 1. The molecule has 1 nitrogen and oxygen atoms in total. The molecule has 0 unspecified atom stereocenters. The highest BCUT2D eigenvalue weighted by molar-refractivity contribution is 7.98. The fraction of sp³-hybridized carbons (Fsp3) is 0.429. The lowest BCUT2D eigenvalue weighted by Crippen LogP contribution is -2.00. The van der Waals surface area contributed by atoms with Gasteiger partial charge < -0.3 is 5.32 Å². The van der Waals surface area contributed by atoms with Gasteiger partial charge in [0, 0.05) is 17.1 Å². The number of hydrogen-bond acceptors (Lipinski definition) is 2. The van der Waals surface area contributed by atoms with Crippen LogP contribution in [0.3, 0.4) is 0 Å². The average molecular weight is 235 g/mol. The van der Waals surface area contributed by atoms with Gasteiger partial charge in [-0.3, -0.25) is 0 Å². The standard InChI is InChI=1S/C14H21NS/c1-3-4-5-6-7-12-15-13-8-10-14(16-2)11-9-13/h3,8-11,15H,1,4-7,12H2,2H3. The molecule has 0 aliphatic carbocycles. The second-order valence-corrected chi connectivity index (χ2v) is 4.67. The molecule has 0 amide bonds. The van der Waals surface area contributed by atoms with Gasteiger partial charge in [-0.05, 0) is 49.8 Å². The van der Waals surface area contributed by atoms with Crippen molar-refractivity contribution in [1.29, 1.82) is 0 Å². The zero-order valence-electron chi connectivity index (χ0n) is 10.0. The minimum atomic E-state index is 1.07. The van der Waals surface area contributed by atoms with Gasteiger partial charge in [-0.15, -0.1) is 18.3 Å². The molecule has 1 aromatic carbocycles. The number of benzene rings is 1. The van der Waals surface area contributed by atoms with Crippen molar-refractivity contribution in [1.82, 2.24) is 0 Å². The molecule has 0 fully saturated rings. The molecule has 0 bridgehead atoms. The van der Waals surface area contributed by atoms with Crippen LogP contribution >= 0.6 is 11.8 Å². The number of hydrogen-bond donors (Lipinski definition) is 1. The van der Waals surface area contributed by atoms with Crippen molar-refractivity contribution >= 4 is 17.4 Å². The molecule has 1 N–H and O–H groups in total. The number of thioether (sulfide) groups is 1. The minimum Gasteiger partial charge on any atom is -0.385 e. The highest BCUT2D eigenvalue weighted by Crippen LogP contribution is 2.17. The molecule has 2 heteroatoms. The fourth-order valence-corrected chi connectivity index (χ4v) is 1.94. The summed E-state index contributed by atoms with van der Waals surface area (Å²) in [6, 6.07) is 8.61. The van der Waals surface area contributed by atoms with Gasteiger partial charge in [0.05, 0.1) is 0 Å². The summed E-state index contributed by atoms with van der Waals surface area (Å²) in [6.45, 7) is 4.79. The van der Waals surface area contributed by atoms with E-state index in [1.54, 1.807) is 11.8 Å². The Morgan fingerprint density at radius 1 is 1.19 bits per heavy atom.